The number of para-hydroxylation sites is 1. The van der Waals surface area contributed by atoms with E-state index < -0.39 is 11.9 Å². The van der Waals surface area contributed by atoms with Crippen LogP contribution in [0.15, 0.2) is 100 Å². The molecule has 0 saturated carbocycles. The molecule has 0 bridgehead atoms. The second-order valence-corrected chi connectivity index (χ2v) is 6.81. The highest BCUT2D eigenvalue weighted by molar-refractivity contribution is 7.99. The Balaban J connectivity index is 2.13. The second-order valence-electron chi connectivity index (χ2n) is 5.70. The highest BCUT2D eigenvalue weighted by Gasteiger charge is 2.28. The van der Waals surface area contributed by atoms with Gasteiger partial charge in [-0.3, -0.25) is 0 Å². The van der Waals surface area contributed by atoms with Gasteiger partial charge >= 0.3 is 11.9 Å². The van der Waals surface area contributed by atoms with Gasteiger partial charge in [-0.2, -0.15) is 0 Å². The largest absolute Gasteiger partial charge is 0.465 e. The highest BCUT2D eigenvalue weighted by Crippen LogP contribution is 2.38. The Morgan fingerprint density at radius 1 is 0.857 bits per heavy atom. The topological polar surface area (TPSA) is 55.8 Å². The van der Waals surface area contributed by atoms with Gasteiger partial charge in [-0.05, 0) is 36.4 Å². The van der Waals surface area contributed by atoms with E-state index in [4.69, 9.17) is 9.47 Å². The van der Waals surface area contributed by atoms with E-state index in [-0.39, 0.29) is 11.3 Å². The zero-order chi connectivity index (χ0) is 19.9. The summed E-state index contributed by atoms with van der Waals surface area (Å²) in [5.41, 5.74) is 0.970. The van der Waals surface area contributed by atoms with Gasteiger partial charge in [0.2, 0.25) is 0 Å². The van der Waals surface area contributed by atoms with Crippen molar-refractivity contribution >= 4 is 29.4 Å². The Bertz CT molecular complexity index is 964. The maximum Gasteiger partial charge on any atom is 0.355 e. The van der Waals surface area contributed by atoms with Crippen molar-refractivity contribution in [1.29, 1.82) is 0 Å². The standard InChI is InChI=1S/C22H19NO4S/c1-26-21(24)17-12-8-9-15-23(20(17)22(25)27-2)18-13-6-7-14-19(18)28-16-10-4-3-5-11-16/h3-15H,1-2H3. The van der Waals surface area contributed by atoms with Crippen LogP contribution in [0, 0.1) is 0 Å². The monoisotopic (exact) mass is 393 g/mol. The number of allylic oxidation sites excluding steroid dienone is 2. The SMILES string of the molecule is COC(=O)C1=C(C(=O)OC)N(c2ccccc2Sc2ccccc2)C=CC=C1. The minimum atomic E-state index is -0.629. The quantitative estimate of drug-likeness (QED) is 0.705. The van der Waals surface area contributed by atoms with Gasteiger partial charge in [0.25, 0.3) is 0 Å². The molecule has 0 atom stereocenters. The van der Waals surface area contributed by atoms with Crippen LogP contribution >= 0.6 is 11.8 Å². The fraction of sp³-hybridized carbons (Fsp3) is 0.0909. The molecule has 142 valence electrons. The second kappa shape index (κ2) is 9.10. The van der Waals surface area contributed by atoms with Crippen LogP contribution in [-0.2, 0) is 19.1 Å². The molecule has 5 nitrogen and oxygen atoms in total. The Labute approximate surface area is 167 Å². The van der Waals surface area contributed by atoms with E-state index >= 15 is 0 Å². The molecule has 6 heteroatoms. The van der Waals surface area contributed by atoms with Crippen LogP contribution in [-0.4, -0.2) is 26.2 Å². The van der Waals surface area contributed by atoms with E-state index in [9.17, 15) is 9.59 Å². The molecule has 0 aliphatic carbocycles. The van der Waals surface area contributed by atoms with Crippen molar-refractivity contribution in [3.63, 3.8) is 0 Å². The van der Waals surface area contributed by atoms with Gasteiger partial charge in [-0.25, -0.2) is 9.59 Å². The minimum absolute atomic E-state index is 0.0976. The molecule has 0 aromatic heterocycles. The normalized spacial score (nSPS) is 13.3. The Hall–Kier alpha value is -3.25. The van der Waals surface area contributed by atoms with Crippen molar-refractivity contribution in [3.8, 4) is 0 Å². The molecule has 28 heavy (non-hydrogen) atoms. The average Bonchev–Trinajstić information content (AvgIpc) is 2.96. The molecule has 2 aromatic carbocycles. The maximum atomic E-state index is 12.6. The zero-order valence-corrected chi connectivity index (χ0v) is 16.3. The summed E-state index contributed by atoms with van der Waals surface area (Å²) in [5, 5.41) is 0. The van der Waals surface area contributed by atoms with Crippen molar-refractivity contribution in [2.75, 3.05) is 19.1 Å². The Morgan fingerprint density at radius 2 is 1.54 bits per heavy atom. The summed E-state index contributed by atoms with van der Waals surface area (Å²) in [6.07, 6.45) is 6.70. The van der Waals surface area contributed by atoms with Crippen LogP contribution in [0.25, 0.3) is 0 Å². The van der Waals surface area contributed by atoms with Crippen molar-refractivity contribution in [3.05, 3.63) is 90.3 Å². The molecule has 1 aliphatic heterocycles. The summed E-state index contributed by atoms with van der Waals surface area (Å²) in [5.74, 6) is -1.24. The first-order chi connectivity index (χ1) is 13.7. The number of benzene rings is 2. The molecule has 0 N–H and O–H groups in total. The third kappa shape index (κ3) is 4.18. The molecule has 0 spiro atoms. The summed E-state index contributed by atoms with van der Waals surface area (Å²) in [6, 6.07) is 17.6. The van der Waals surface area contributed by atoms with Gasteiger partial charge in [0.05, 0.1) is 25.5 Å². The minimum Gasteiger partial charge on any atom is -0.465 e. The number of carbonyl (C=O) groups is 2. The fourth-order valence-corrected chi connectivity index (χ4v) is 3.67. The van der Waals surface area contributed by atoms with Crippen LogP contribution < -0.4 is 4.90 Å². The lowest BCUT2D eigenvalue weighted by molar-refractivity contribution is -0.139. The first kappa shape index (κ1) is 19.5. The third-order valence-electron chi connectivity index (χ3n) is 3.99. The van der Waals surface area contributed by atoms with Gasteiger partial charge in [-0.1, -0.05) is 48.2 Å². The van der Waals surface area contributed by atoms with E-state index in [1.54, 1.807) is 41.1 Å². The molecule has 0 fully saturated rings. The van der Waals surface area contributed by atoms with Gasteiger partial charge in [0.1, 0.15) is 5.70 Å². The van der Waals surface area contributed by atoms with Crippen molar-refractivity contribution < 1.29 is 19.1 Å². The molecular weight excluding hydrogens is 374 g/mol. The van der Waals surface area contributed by atoms with E-state index in [0.717, 1.165) is 15.5 Å². The predicted octanol–water partition coefficient (Wildman–Crippen LogP) is 4.33. The molecule has 0 saturated heterocycles. The average molecular weight is 393 g/mol. The first-order valence-electron chi connectivity index (χ1n) is 8.52. The number of esters is 2. The Morgan fingerprint density at radius 3 is 2.25 bits per heavy atom. The van der Waals surface area contributed by atoms with Gasteiger partial charge in [-0.15, -0.1) is 0 Å². The van der Waals surface area contributed by atoms with Crippen LogP contribution in [0.1, 0.15) is 0 Å². The van der Waals surface area contributed by atoms with Gasteiger partial charge < -0.3 is 14.4 Å². The van der Waals surface area contributed by atoms with E-state index in [0.29, 0.717) is 0 Å². The molecule has 0 amide bonds. The number of hydrogen-bond donors (Lipinski definition) is 0. The molecule has 2 aromatic rings. The van der Waals surface area contributed by atoms with Crippen LogP contribution in [0.4, 0.5) is 5.69 Å². The lowest BCUT2D eigenvalue weighted by Gasteiger charge is -2.25. The number of ether oxygens (including phenoxy) is 2. The highest BCUT2D eigenvalue weighted by atomic mass is 32.2. The van der Waals surface area contributed by atoms with Crippen molar-refractivity contribution in [1.82, 2.24) is 0 Å². The number of anilines is 1. The lowest BCUT2D eigenvalue weighted by atomic mass is 10.1. The number of nitrogens with zero attached hydrogens (tertiary/aromatic N) is 1. The summed E-state index contributed by atoms with van der Waals surface area (Å²) >= 11 is 1.56. The van der Waals surface area contributed by atoms with E-state index in [2.05, 4.69) is 0 Å². The predicted molar refractivity (Wildman–Crippen MR) is 109 cm³/mol. The van der Waals surface area contributed by atoms with Crippen LogP contribution in [0.5, 0.6) is 0 Å². The maximum absolute atomic E-state index is 12.6. The molecule has 1 aliphatic rings. The smallest absolute Gasteiger partial charge is 0.355 e. The van der Waals surface area contributed by atoms with E-state index in [1.165, 1.54) is 14.2 Å². The van der Waals surface area contributed by atoms with Crippen LogP contribution in [0.2, 0.25) is 0 Å². The summed E-state index contributed by atoms with van der Waals surface area (Å²) < 4.78 is 9.82. The summed E-state index contributed by atoms with van der Waals surface area (Å²) in [7, 11) is 2.56. The molecular formula is C22H19NO4S. The zero-order valence-electron chi connectivity index (χ0n) is 15.5. The van der Waals surface area contributed by atoms with E-state index in [1.807, 2.05) is 54.6 Å². The number of rotatable bonds is 5. The fourth-order valence-electron chi connectivity index (χ4n) is 2.71. The number of methoxy groups -OCH3 is 2. The lowest BCUT2D eigenvalue weighted by Crippen LogP contribution is -2.27. The third-order valence-corrected chi connectivity index (χ3v) is 5.06. The summed E-state index contributed by atoms with van der Waals surface area (Å²) in [6.45, 7) is 0. The summed E-state index contributed by atoms with van der Waals surface area (Å²) in [4.78, 5) is 28.5. The number of carbonyl (C=O) groups excluding carboxylic acids is 2. The molecule has 1 heterocycles. The molecule has 3 rings (SSSR count). The van der Waals surface area contributed by atoms with Gasteiger partial charge in [0.15, 0.2) is 0 Å². The first-order valence-corrected chi connectivity index (χ1v) is 9.34. The van der Waals surface area contributed by atoms with Crippen molar-refractivity contribution in [2.45, 2.75) is 9.79 Å². The Kier molecular flexibility index (Phi) is 6.34. The molecule has 0 unspecified atom stereocenters. The number of hydrogen-bond acceptors (Lipinski definition) is 6. The van der Waals surface area contributed by atoms with Crippen LogP contribution in [0.3, 0.4) is 0 Å². The molecule has 0 radical (unpaired) electrons. The van der Waals surface area contributed by atoms with Gasteiger partial charge in [0, 0.05) is 16.0 Å². The van der Waals surface area contributed by atoms with Crippen molar-refractivity contribution in [2.24, 2.45) is 0 Å².